The van der Waals surface area contributed by atoms with Gasteiger partial charge in [-0.05, 0) is 25.2 Å². The fourth-order valence-corrected chi connectivity index (χ4v) is 1.66. The van der Waals surface area contributed by atoms with E-state index in [1.54, 1.807) is 0 Å². The zero-order valence-electron chi connectivity index (χ0n) is 10.1. The Morgan fingerprint density at radius 3 is 2.93 bits per heavy atom. The van der Waals surface area contributed by atoms with Gasteiger partial charge in [0.25, 0.3) is 0 Å². The normalized spacial score (nSPS) is 22.2. The van der Waals surface area contributed by atoms with Crippen LogP contribution in [0.25, 0.3) is 0 Å². The number of ether oxygens (including phenoxy) is 2. The molecule has 0 aromatic rings. The third-order valence-corrected chi connectivity index (χ3v) is 2.68. The third-order valence-electron chi connectivity index (χ3n) is 2.68. The van der Waals surface area contributed by atoms with E-state index in [1.807, 2.05) is 0 Å². The molecular formula is C12H25NO2. The third kappa shape index (κ3) is 6.88. The Morgan fingerprint density at radius 1 is 1.40 bits per heavy atom. The summed E-state index contributed by atoms with van der Waals surface area (Å²) in [5, 5.41) is 3.46. The maximum absolute atomic E-state index is 5.53. The van der Waals surface area contributed by atoms with Gasteiger partial charge in [-0.15, -0.1) is 0 Å². The Labute approximate surface area is 93.5 Å². The minimum absolute atomic E-state index is 0.549. The number of hydrogen-bond donors (Lipinski definition) is 1. The lowest BCUT2D eigenvalue weighted by Gasteiger charge is -2.23. The summed E-state index contributed by atoms with van der Waals surface area (Å²) in [5.74, 6) is 0.740. The van der Waals surface area contributed by atoms with E-state index in [-0.39, 0.29) is 0 Å². The summed E-state index contributed by atoms with van der Waals surface area (Å²) in [6.45, 7) is 8.91. The molecule has 1 aliphatic heterocycles. The van der Waals surface area contributed by atoms with E-state index < -0.39 is 0 Å². The molecule has 0 aliphatic carbocycles. The number of nitrogens with one attached hydrogen (secondary N) is 1. The second-order valence-electron chi connectivity index (χ2n) is 4.66. The molecule has 0 bridgehead atoms. The monoisotopic (exact) mass is 215 g/mol. The van der Waals surface area contributed by atoms with Gasteiger partial charge in [0.15, 0.2) is 0 Å². The lowest BCUT2D eigenvalue weighted by molar-refractivity contribution is 0.0641. The molecule has 1 unspecified atom stereocenters. The SMILES string of the molecule is CC(C)CCOCCNC1CCCOC1. The Hall–Kier alpha value is -0.120. The van der Waals surface area contributed by atoms with E-state index in [1.165, 1.54) is 12.8 Å². The summed E-state index contributed by atoms with van der Waals surface area (Å²) in [7, 11) is 0. The Kier molecular flexibility index (Phi) is 6.98. The maximum Gasteiger partial charge on any atom is 0.0619 e. The predicted molar refractivity (Wildman–Crippen MR) is 62.1 cm³/mol. The molecular weight excluding hydrogens is 190 g/mol. The Balaban J connectivity index is 1.83. The van der Waals surface area contributed by atoms with Crippen LogP contribution in [0.15, 0.2) is 0 Å². The summed E-state index contributed by atoms with van der Waals surface area (Å²) in [6.07, 6.45) is 3.59. The van der Waals surface area contributed by atoms with Gasteiger partial charge in [-0.1, -0.05) is 13.8 Å². The molecule has 1 N–H and O–H groups in total. The molecule has 90 valence electrons. The molecule has 1 fully saturated rings. The summed E-state index contributed by atoms with van der Waals surface area (Å²) < 4.78 is 10.9. The van der Waals surface area contributed by atoms with Crippen LogP contribution >= 0.6 is 0 Å². The van der Waals surface area contributed by atoms with Crippen molar-refractivity contribution in [1.82, 2.24) is 5.32 Å². The molecule has 0 saturated carbocycles. The zero-order chi connectivity index (χ0) is 10.9. The van der Waals surface area contributed by atoms with Crippen molar-refractivity contribution in [2.24, 2.45) is 5.92 Å². The minimum atomic E-state index is 0.549. The minimum Gasteiger partial charge on any atom is -0.380 e. The summed E-state index contributed by atoms with van der Waals surface area (Å²) in [6, 6.07) is 0.549. The van der Waals surface area contributed by atoms with E-state index in [0.29, 0.717) is 6.04 Å². The van der Waals surface area contributed by atoms with E-state index in [2.05, 4.69) is 19.2 Å². The molecule has 1 heterocycles. The first-order valence-corrected chi connectivity index (χ1v) is 6.18. The average molecular weight is 215 g/mol. The van der Waals surface area contributed by atoms with Gasteiger partial charge < -0.3 is 14.8 Å². The maximum atomic E-state index is 5.53. The van der Waals surface area contributed by atoms with E-state index in [4.69, 9.17) is 9.47 Å². The van der Waals surface area contributed by atoms with E-state index >= 15 is 0 Å². The molecule has 0 amide bonds. The van der Waals surface area contributed by atoms with Crippen LogP contribution in [0.2, 0.25) is 0 Å². The highest BCUT2D eigenvalue weighted by Gasteiger charge is 2.11. The van der Waals surface area contributed by atoms with Gasteiger partial charge in [-0.2, -0.15) is 0 Å². The molecule has 1 rings (SSSR count). The van der Waals surface area contributed by atoms with Crippen LogP contribution in [0, 0.1) is 5.92 Å². The van der Waals surface area contributed by atoms with Crippen LogP contribution in [0.5, 0.6) is 0 Å². The Bertz CT molecular complexity index is 145. The van der Waals surface area contributed by atoms with Gasteiger partial charge in [-0.25, -0.2) is 0 Å². The molecule has 1 aliphatic rings. The molecule has 0 radical (unpaired) electrons. The molecule has 15 heavy (non-hydrogen) atoms. The molecule has 1 atom stereocenters. The van der Waals surface area contributed by atoms with Crippen molar-refractivity contribution >= 4 is 0 Å². The standard InChI is InChI=1S/C12H25NO2/c1-11(2)5-8-14-9-6-13-12-4-3-7-15-10-12/h11-13H,3-10H2,1-2H3. The fourth-order valence-electron chi connectivity index (χ4n) is 1.66. The Morgan fingerprint density at radius 2 is 2.27 bits per heavy atom. The second-order valence-corrected chi connectivity index (χ2v) is 4.66. The highest BCUT2D eigenvalue weighted by atomic mass is 16.5. The lowest BCUT2D eigenvalue weighted by Crippen LogP contribution is -2.38. The van der Waals surface area contributed by atoms with Crippen molar-refractivity contribution in [3.05, 3.63) is 0 Å². The quantitative estimate of drug-likeness (QED) is 0.657. The van der Waals surface area contributed by atoms with Crippen molar-refractivity contribution in [2.75, 3.05) is 33.0 Å². The number of rotatable bonds is 7. The van der Waals surface area contributed by atoms with Gasteiger partial charge in [-0.3, -0.25) is 0 Å². The first-order chi connectivity index (χ1) is 7.29. The molecule has 0 spiro atoms. The highest BCUT2D eigenvalue weighted by Crippen LogP contribution is 2.05. The van der Waals surface area contributed by atoms with Crippen molar-refractivity contribution in [2.45, 2.75) is 39.2 Å². The van der Waals surface area contributed by atoms with Gasteiger partial charge >= 0.3 is 0 Å². The summed E-state index contributed by atoms with van der Waals surface area (Å²) in [4.78, 5) is 0. The van der Waals surface area contributed by atoms with Gasteiger partial charge in [0.05, 0.1) is 13.2 Å². The molecule has 0 aromatic carbocycles. The van der Waals surface area contributed by atoms with E-state index in [0.717, 1.165) is 45.3 Å². The van der Waals surface area contributed by atoms with Crippen LogP contribution in [0.4, 0.5) is 0 Å². The van der Waals surface area contributed by atoms with Gasteiger partial charge in [0.2, 0.25) is 0 Å². The summed E-state index contributed by atoms with van der Waals surface area (Å²) in [5.41, 5.74) is 0. The lowest BCUT2D eigenvalue weighted by atomic mass is 10.1. The summed E-state index contributed by atoms with van der Waals surface area (Å²) >= 11 is 0. The van der Waals surface area contributed by atoms with Crippen molar-refractivity contribution in [1.29, 1.82) is 0 Å². The average Bonchev–Trinajstić information content (AvgIpc) is 2.24. The second kappa shape index (κ2) is 8.08. The largest absolute Gasteiger partial charge is 0.380 e. The number of hydrogen-bond acceptors (Lipinski definition) is 3. The zero-order valence-corrected chi connectivity index (χ0v) is 10.1. The highest BCUT2D eigenvalue weighted by molar-refractivity contribution is 4.69. The van der Waals surface area contributed by atoms with Crippen molar-refractivity contribution < 1.29 is 9.47 Å². The van der Waals surface area contributed by atoms with E-state index in [9.17, 15) is 0 Å². The molecule has 3 nitrogen and oxygen atoms in total. The smallest absolute Gasteiger partial charge is 0.0619 e. The predicted octanol–water partition coefficient (Wildman–Crippen LogP) is 1.82. The first-order valence-electron chi connectivity index (χ1n) is 6.18. The van der Waals surface area contributed by atoms with Gasteiger partial charge in [0, 0.05) is 25.8 Å². The van der Waals surface area contributed by atoms with Crippen LogP contribution in [0.3, 0.4) is 0 Å². The van der Waals surface area contributed by atoms with Crippen molar-refractivity contribution in [3.63, 3.8) is 0 Å². The fraction of sp³-hybridized carbons (Fsp3) is 1.00. The first kappa shape index (κ1) is 12.9. The van der Waals surface area contributed by atoms with Crippen LogP contribution in [-0.2, 0) is 9.47 Å². The van der Waals surface area contributed by atoms with Crippen molar-refractivity contribution in [3.8, 4) is 0 Å². The molecule has 0 aromatic heterocycles. The topological polar surface area (TPSA) is 30.5 Å². The van der Waals surface area contributed by atoms with Gasteiger partial charge in [0.1, 0.15) is 0 Å². The molecule has 1 saturated heterocycles. The van der Waals surface area contributed by atoms with Crippen LogP contribution in [0.1, 0.15) is 33.1 Å². The molecule has 3 heteroatoms. The van der Waals surface area contributed by atoms with Crippen LogP contribution in [-0.4, -0.2) is 39.0 Å². The van der Waals surface area contributed by atoms with Crippen LogP contribution < -0.4 is 5.32 Å².